The molecule has 0 spiro atoms. The second-order valence-electron chi connectivity index (χ2n) is 3.96. The SMILES string of the molecule is O=S(=O)=NN(c1ccccc1)C1CCNCC1. The molecule has 0 unspecified atom stereocenters. The molecule has 0 radical (unpaired) electrons. The van der Waals surface area contributed by atoms with E-state index in [-0.39, 0.29) is 6.04 Å². The fraction of sp³-hybridized carbons (Fsp3) is 0.455. The van der Waals surface area contributed by atoms with Gasteiger partial charge in [0.15, 0.2) is 0 Å². The summed E-state index contributed by atoms with van der Waals surface area (Å²) in [6.07, 6.45) is 1.80. The van der Waals surface area contributed by atoms with Crippen LogP contribution in [0.5, 0.6) is 0 Å². The predicted octanol–water partition coefficient (Wildman–Crippen LogP) is 1.22. The first kappa shape index (κ1) is 12.1. The van der Waals surface area contributed by atoms with Crippen molar-refractivity contribution in [2.75, 3.05) is 18.1 Å². The van der Waals surface area contributed by atoms with E-state index in [1.54, 1.807) is 5.01 Å². The molecule has 1 N–H and O–H groups in total. The first-order valence-electron chi connectivity index (χ1n) is 5.63. The largest absolute Gasteiger partial charge is 0.333 e. The normalized spacial score (nSPS) is 16.5. The molecular weight excluding hydrogens is 238 g/mol. The predicted molar refractivity (Wildman–Crippen MR) is 66.2 cm³/mol. The van der Waals surface area contributed by atoms with Crippen molar-refractivity contribution in [3.05, 3.63) is 30.3 Å². The van der Waals surface area contributed by atoms with Crippen LogP contribution >= 0.6 is 0 Å². The fourth-order valence-electron chi connectivity index (χ4n) is 2.03. The lowest BCUT2D eigenvalue weighted by molar-refractivity contribution is 0.434. The molecule has 0 saturated carbocycles. The third kappa shape index (κ3) is 3.28. The van der Waals surface area contributed by atoms with Crippen molar-refractivity contribution in [2.45, 2.75) is 18.9 Å². The van der Waals surface area contributed by atoms with E-state index in [9.17, 15) is 8.42 Å². The summed E-state index contributed by atoms with van der Waals surface area (Å²) in [4.78, 5) is 0. The molecule has 6 heteroatoms. The first-order valence-corrected chi connectivity index (χ1v) is 6.66. The smallest absolute Gasteiger partial charge is 0.317 e. The Morgan fingerprint density at radius 2 is 1.82 bits per heavy atom. The van der Waals surface area contributed by atoms with E-state index in [2.05, 4.69) is 9.79 Å². The van der Waals surface area contributed by atoms with Gasteiger partial charge in [-0.05, 0) is 38.1 Å². The molecular formula is C11H15N3O2S. The second kappa shape index (κ2) is 5.79. The van der Waals surface area contributed by atoms with Crippen molar-refractivity contribution in [1.82, 2.24) is 5.32 Å². The highest BCUT2D eigenvalue weighted by Crippen LogP contribution is 2.21. The molecule has 0 bridgehead atoms. The van der Waals surface area contributed by atoms with E-state index in [1.807, 2.05) is 30.3 Å². The van der Waals surface area contributed by atoms with Gasteiger partial charge in [0.2, 0.25) is 0 Å². The van der Waals surface area contributed by atoms with E-state index < -0.39 is 10.5 Å². The number of nitrogens with one attached hydrogen (secondary N) is 1. The minimum Gasteiger partial charge on any atom is -0.317 e. The maximum Gasteiger partial charge on any atom is 0.333 e. The Bertz CT molecular complexity index is 473. The lowest BCUT2D eigenvalue weighted by Crippen LogP contribution is -2.40. The molecule has 1 saturated heterocycles. The molecule has 2 rings (SSSR count). The number of anilines is 1. The van der Waals surface area contributed by atoms with Crippen LogP contribution in [0.25, 0.3) is 0 Å². The summed E-state index contributed by atoms with van der Waals surface area (Å²) in [6, 6.07) is 9.56. The van der Waals surface area contributed by atoms with Crippen molar-refractivity contribution in [1.29, 1.82) is 0 Å². The zero-order valence-corrected chi connectivity index (χ0v) is 10.2. The number of rotatable bonds is 3. The minimum absolute atomic E-state index is 0.150. The van der Waals surface area contributed by atoms with Crippen molar-refractivity contribution in [3.8, 4) is 0 Å². The molecule has 0 amide bonds. The van der Waals surface area contributed by atoms with E-state index in [0.717, 1.165) is 31.6 Å². The van der Waals surface area contributed by atoms with Crippen LogP contribution in [-0.2, 0) is 10.5 Å². The molecule has 0 atom stereocenters. The van der Waals surface area contributed by atoms with Crippen LogP contribution in [0.1, 0.15) is 12.8 Å². The van der Waals surface area contributed by atoms with Gasteiger partial charge in [-0.1, -0.05) is 22.7 Å². The van der Waals surface area contributed by atoms with Crippen LogP contribution < -0.4 is 10.3 Å². The fourth-order valence-corrected chi connectivity index (χ4v) is 2.40. The molecule has 5 nitrogen and oxygen atoms in total. The lowest BCUT2D eigenvalue weighted by atomic mass is 10.1. The number of nitrogens with zero attached hydrogens (tertiary/aromatic N) is 2. The van der Waals surface area contributed by atoms with Gasteiger partial charge >= 0.3 is 10.5 Å². The van der Waals surface area contributed by atoms with Gasteiger partial charge in [-0.15, -0.1) is 0 Å². The highest BCUT2D eigenvalue weighted by molar-refractivity contribution is 7.61. The summed E-state index contributed by atoms with van der Waals surface area (Å²) in [5, 5.41) is 4.87. The number of benzene rings is 1. The number of piperidine rings is 1. The summed E-state index contributed by atoms with van der Waals surface area (Å²) in [7, 11) is -2.42. The highest BCUT2D eigenvalue weighted by Gasteiger charge is 2.21. The third-order valence-corrected chi connectivity index (χ3v) is 3.14. The van der Waals surface area contributed by atoms with Crippen LogP contribution in [0.3, 0.4) is 0 Å². The quantitative estimate of drug-likeness (QED) is 0.823. The molecule has 92 valence electrons. The molecule has 0 aliphatic carbocycles. The van der Waals surface area contributed by atoms with Crippen LogP contribution in [0.15, 0.2) is 34.8 Å². The first-order chi connectivity index (χ1) is 8.27. The summed E-state index contributed by atoms with van der Waals surface area (Å²) in [5.74, 6) is 0. The van der Waals surface area contributed by atoms with E-state index >= 15 is 0 Å². The van der Waals surface area contributed by atoms with Gasteiger partial charge in [0.1, 0.15) is 0 Å². The Kier molecular flexibility index (Phi) is 4.11. The topological polar surface area (TPSA) is 61.8 Å². The molecule has 1 aliphatic heterocycles. The van der Waals surface area contributed by atoms with Crippen molar-refractivity contribution in [3.63, 3.8) is 0 Å². The van der Waals surface area contributed by atoms with E-state index in [4.69, 9.17) is 0 Å². The van der Waals surface area contributed by atoms with Gasteiger partial charge in [0, 0.05) is 0 Å². The Labute approximate surface area is 102 Å². The van der Waals surface area contributed by atoms with Gasteiger partial charge in [0.05, 0.1) is 11.7 Å². The van der Waals surface area contributed by atoms with Crippen molar-refractivity contribution >= 4 is 16.2 Å². The standard InChI is InChI=1S/C11H15N3O2S/c15-17(16)13-14(10-4-2-1-3-5-10)11-6-8-12-9-7-11/h1-5,11-12H,6-9H2. The van der Waals surface area contributed by atoms with E-state index in [1.165, 1.54) is 0 Å². The molecule has 1 aliphatic rings. The van der Waals surface area contributed by atoms with Gasteiger partial charge in [0.25, 0.3) is 0 Å². The number of hydrogen-bond acceptors (Lipinski definition) is 4. The van der Waals surface area contributed by atoms with Crippen LogP contribution in [0, 0.1) is 0 Å². The van der Waals surface area contributed by atoms with Gasteiger partial charge in [-0.25, -0.2) is 5.01 Å². The van der Waals surface area contributed by atoms with Crippen LogP contribution in [0.4, 0.5) is 5.69 Å². The molecule has 1 heterocycles. The van der Waals surface area contributed by atoms with Gasteiger partial charge < -0.3 is 5.32 Å². The molecule has 1 aromatic carbocycles. The number of para-hydroxylation sites is 1. The number of hydrogen-bond donors (Lipinski definition) is 1. The molecule has 1 fully saturated rings. The van der Waals surface area contributed by atoms with Crippen molar-refractivity contribution in [2.24, 2.45) is 4.47 Å². The van der Waals surface area contributed by atoms with Crippen LogP contribution in [-0.4, -0.2) is 27.5 Å². The van der Waals surface area contributed by atoms with Gasteiger partial charge in [-0.2, -0.15) is 8.42 Å². The average molecular weight is 253 g/mol. The summed E-state index contributed by atoms with van der Waals surface area (Å²) in [5.41, 5.74) is 0.823. The molecule has 0 aromatic heterocycles. The highest BCUT2D eigenvalue weighted by atomic mass is 32.2. The van der Waals surface area contributed by atoms with E-state index in [0.29, 0.717) is 0 Å². The van der Waals surface area contributed by atoms with Gasteiger partial charge in [-0.3, -0.25) is 0 Å². The Morgan fingerprint density at radius 3 is 2.41 bits per heavy atom. The monoisotopic (exact) mass is 253 g/mol. The maximum atomic E-state index is 10.8. The summed E-state index contributed by atoms with van der Waals surface area (Å²) in [6.45, 7) is 1.80. The minimum atomic E-state index is -2.42. The summed E-state index contributed by atoms with van der Waals surface area (Å²) >= 11 is 0. The average Bonchev–Trinajstić information content (AvgIpc) is 2.38. The molecule has 1 aromatic rings. The lowest BCUT2D eigenvalue weighted by Gasteiger charge is -2.30. The third-order valence-electron chi connectivity index (χ3n) is 2.83. The van der Waals surface area contributed by atoms with Crippen molar-refractivity contribution < 1.29 is 8.42 Å². The summed E-state index contributed by atoms with van der Waals surface area (Å²) < 4.78 is 25.3. The Hall–Kier alpha value is -1.40. The van der Waals surface area contributed by atoms with Crippen LogP contribution in [0.2, 0.25) is 0 Å². The Balaban J connectivity index is 2.28. The Morgan fingerprint density at radius 1 is 1.18 bits per heavy atom. The zero-order valence-electron chi connectivity index (χ0n) is 9.41. The molecule has 17 heavy (non-hydrogen) atoms. The zero-order chi connectivity index (χ0) is 12.1. The second-order valence-corrected chi connectivity index (χ2v) is 4.56. The maximum absolute atomic E-state index is 10.8.